The summed E-state index contributed by atoms with van der Waals surface area (Å²) in [6.07, 6.45) is 0. The number of methoxy groups -OCH3 is 1. The standard InChI is InChI=1S/C11H13ClN2O3S/c1-13-5-6-14(18(13)16)8-3-4-10(12)9(7-8)11(15)17-2/h3-4,7H,5-6H2,1-2H3. The zero-order valence-corrected chi connectivity index (χ0v) is 11.6. The number of benzene rings is 1. The van der Waals surface area contributed by atoms with Gasteiger partial charge in [0.1, 0.15) is 0 Å². The quantitative estimate of drug-likeness (QED) is 0.774. The lowest BCUT2D eigenvalue weighted by molar-refractivity contribution is 0.0601. The van der Waals surface area contributed by atoms with Crippen LogP contribution in [0.25, 0.3) is 0 Å². The zero-order chi connectivity index (χ0) is 13.3. The van der Waals surface area contributed by atoms with Crippen molar-refractivity contribution in [3.63, 3.8) is 0 Å². The maximum Gasteiger partial charge on any atom is 0.339 e. The molecule has 0 aromatic heterocycles. The summed E-state index contributed by atoms with van der Waals surface area (Å²) in [7, 11) is 3.08. The monoisotopic (exact) mass is 288 g/mol. The van der Waals surface area contributed by atoms with Gasteiger partial charge in [0.15, 0.2) is 11.2 Å². The molecule has 5 nitrogen and oxygen atoms in total. The highest BCUT2D eigenvalue weighted by Crippen LogP contribution is 2.27. The van der Waals surface area contributed by atoms with E-state index in [0.29, 0.717) is 23.8 Å². The van der Waals surface area contributed by atoms with Crippen LogP contribution in [-0.2, 0) is 15.9 Å². The molecule has 98 valence electrons. The second kappa shape index (κ2) is 5.26. The van der Waals surface area contributed by atoms with Gasteiger partial charge in [-0.25, -0.2) is 13.3 Å². The first kappa shape index (κ1) is 13.3. The molecule has 0 saturated carbocycles. The number of ether oxygens (including phenoxy) is 1. The molecule has 1 aromatic carbocycles. The van der Waals surface area contributed by atoms with Crippen LogP contribution < -0.4 is 4.31 Å². The number of likely N-dealkylation sites (N-methyl/N-ethyl adjacent to an activating group) is 1. The first-order valence-corrected chi connectivity index (χ1v) is 6.77. The molecule has 1 saturated heterocycles. The summed E-state index contributed by atoms with van der Waals surface area (Å²) < 4.78 is 20.0. The van der Waals surface area contributed by atoms with E-state index in [4.69, 9.17) is 11.6 Å². The van der Waals surface area contributed by atoms with Gasteiger partial charge in [0, 0.05) is 20.1 Å². The maximum absolute atomic E-state index is 12.0. The average molecular weight is 289 g/mol. The van der Waals surface area contributed by atoms with E-state index in [9.17, 15) is 9.00 Å². The van der Waals surface area contributed by atoms with Crippen LogP contribution in [0, 0.1) is 0 Å². The molecule has 0 radical (unpaired) electrons. The fraction of sp³-hybridized carbons (Fsp3) is 0.364. The van der Waals surface area contributed by atoms with Crippen LogP contribution in [0.5, 0.6) is 0 Å². The Hall–Kier alpha value is -1.11. The minimum absolute atomic E-state index is 0.281. The number of rotatable bonds is 2. The van der Waals surface area contributed by atoms with E-state index in [-0.39, 0.29) is 5.56 Å². The molecule has 2 rings (SSSR count). The van der Waals surface area contributed by atoms with Crippen LogP contribution in [0.1, 0.15) is 10.4 Å². The van der Waals surface area contributed by atoms with Crippen LogP contribution in [0.4, 0.5) is 5.69 Å². The van der Waals surface area contributed by atoms with Crippen molar-refractivity contribution >= 4 is 34.4 Å². The predicted molar refractivity (Wildman–Crippen MR) is 70.9 cm³/mol. The highest BCUT2D eigenvalue weighted by Gasteiger charge is 2.26. The van der Waals surface area contributed by atoms with Crippen molar-refractivity contribution in [1.82, 2.24) is 4.31 Å². The summed E-state index contributed by atoms with van der Waals surface area (Å²) >= 11 is 4.72. The number of halogens is 1. The Labute approximate surface area is 113 Å². The summed E-state index contributed by atoms with van der Waals surface area (Å²) in [5, 5.41) is 0.323. The minimum atomic E-state index is -1.21. The largest absolute Gasteiger partial charge is 0.465 e. The molecule has 7 heteroatoms. The summed E-state index contributed by atoms with van der Waals surface area (Å²) in [6, 6.07) is 4.95. The van der Waals surface area contributed by atoms with Gasteiger partial charge in [-0.1, -0.05) is 11.6 Å². The van der Waals surface area contributed by atoms with Crippen LogP contribution in [0.15, 0.2) is 18.2 Å². The molecule has 0 spiro atoms. The fourth-order valence-electron chi connectivity index (χ4n) is 1.71. The van der Waals surface area contributed by atoms with E-state index in [2.05, 4.69) is 4.74 Å². The van der Waals surface area contributed by atoms with Crippen molar-refractivity contribution in [2.24, 2.45) is 0 Å². The second-order valence-corrected chi connectivity index (χ2v) is 5.77. The van der Waals surface area contributed by atoms with Crippen molar-refractivity contribution in [3.8, 4) is 0 Å². The van der Waals surface area contributed by atoms with Crippen LogP contribution in [-0.4, -0.2) is 41.7 Å². The first-order chi connectivity index (χ1) is 8.54. The summed E-state index contributed by atoms with van der Waals surface area (Å²) in [6.45, 7) is 1.36. The fourth-order valence-corrected chi connectivity index (χ4v) is 3.01. The smallest absolute Gasteiger partial charge is 0.339 e. The van der Waals surface area contributed by atoms with E-state index in [0.717, 1.165) is 0 Å². The Morgan fingerprint density at radius 2 is 2.17 bits per heavy atom. The second-order valence-electron chi connectivity index (χ2n) is 3.84. The van der Waals surface area contributed by atoms with E-state index < -0.39 is 17.1 Å². The number of hydrogen-bond acceptors (Lipinski definition) is 3. The van der Waals surface area contributed by atoms with E-state index in [1.165, 1.54) is 7.11 Å². The summed E-state index contributed by atoms with van der Waals surface area (Å²) in [4.78, 5) is 11.5. The van der Waals surface area contributed by atoms with Gasteiger partial charge < -0.3 is 4.74 Å². The summed E-state index contributed by atoms with van der Waals surface area (Å²) in [5.41, 5.74) is 0.978. The molecule has 1 heterocycles. The molecule has 1 aliphatic rings. The SMILES string of the molecule is COC(=O)c1cc(N2CCN(C)S2=O)ccc1Cl. The molecule has 1 atom stereocenters. The third-order valence-corrected chi connectivity index (χ3v) is 4.53. The third kappa shape index (κ3) is 2.36. The summed E-state index contributed by atoms with van der Waals surface area (Å²) in [5.74, 6) is -0.500. The van der Waals surface area contributed by atoms with Crippen molar-refractivity contribution in [2.45, 2.75) is 0 Å². The van der Waals surface area contributed by atoms with Crippen molar-refractivity contribution in [2.75, 3.05) is 31.6 Å². The van der Waals surface area contributed by atoms with Gasteiger partial charge >= 0.3 is 5.97 Å². The molecule has 0 aliphatic carbocycles. The van der Waals surface area contributed by atoms with E-state index in [1.807, 2.05) is 0 Å². The Morgan fingerprint density at radius 3 is 2.72 bits per heavy atom. The van der Waals surface area contributed by atoms with Crippen molar-refractivity contribution in [1.29, 1.82) is 0 Å². The van der Waals surface area contributed by atoms with Gasteiger partial charge in [-0.2, -0.15) is 0 Å². The number of carbonyl (C=O) groups is 1. The molecule has 1 unspecified atom stereocenters. The Morgan fingerprint density at radius 1 is 1.44 bits per heavy atom. The van der Waals surface area contributed by atoms with E-state index >= 15 is 0 Å². The van der Waals surface area contributed by atoms with Gasteiger partial charge in [0.2, 0.25) is 0 Å². The molecule has 0 amide bonds. The van der Waals surface area contributed by atoms with Crippen LogP contribution in [0.2, 0.25) is 5.02 Å². The molecular weight excluding hydrogens is 276 g/mol. The maximum atomic E-state index is 12.0. The lowest BCUT2D eigenvalue weighted by Gasteiger charge is -2.17. The minimum Gasteiger partial charge on any atom is -0.465 e. The first-order valence-electron chi connectivity index (χ1n) is 5.33. The number of esters is 1. The van der Waals surface area contributed by atoms with Gasteiger partial charge in [0.05, 0.1) is 23.4 Å². The van der Waals surface area contributed by atoms with E-state index in [1.54, 1.807) is 33.9 Å². The van der Waals surface area contributed by atoms with Crippen molar-refractivity contribution in [3.05, 3.63) is 28.8 Å². The highest BCUT2D eigenvalue weighted by molar-refractivity contribution is 7.84. The number of hydrogen-bond donors (Lipinski definition) is 0. The van der Waals surface area contributed by atoms with Crippen LogP contribution >= 0.6 is 11.6 Å². The third-order valence-electron chi connectivity index (χ3n) is 2.72. The topological polar surface area (TPSA) is 49.9 Å². The zero-order valence-electron chi connectivity index (χ0n) is 10.1. The Kier molecular flexibility index (Phi) is 3.89. The van der Waals surface area contributed by atoms with Crippen molar-refractivity contribution < 1.29 is 13.7 Å². The molecular formula is C11H13ClN2O3S. The molecule has 0 N–H and O–H groups in total. The predicted octanol–water partition coefficient (Wildman–Crippen LogP) is 1.46. The highest BCUT2D eigenvalue weighted by atomic mass is 35.5. The van der Waals surface area contributed by atoms with Gasteiger partial charge in [-0.3, -0.25) is 4.31 Å². The molecule has 1 fully saturated rings. The number of anilines is 1. The lowest BCUT2D eigenvalue weighted by Crippen LogP contribution is -2.24. The van der Waals surface area contributed by atoms with Gasteiger partial charge in [-0.05, 0) is 18.2 Å². The normalized spacial score (nSPS) is 20.2. The lowest BCUT2D eigenvalue weighted by atomic mass is 10.2. The molecule has 0 bridgehead atoms. The van der Waals surface area contributed by atoms with Gasteiger partial charge in [-0.15, -0.1) is 0 Å². The molecule has 18 heavy (non-hydrogen) atoms. The Balaban J connectivity index is 2.36. The molecule has 1 aromatic rings. The number of nitrogens with zero attached hydrogens (tertiary/aromatic N) is 2. The average Bonchev–Trinajstić information content (AvgIpc) is 2.70. The Bertz CT molecular complexity index is 509. The molecule has 1 aliphatic heterocycles. The van der Waals surface area contributed by atoms with Gasteiger partial charge in [0.25, 0.3) is 0 Å². The number of carbonyl (C=O) groups excluding carboxylic acids is 1. The van der Waals surface area contributed by atoms with Crippen LogP contribution in [0.3, 0.4) is 0 Å².